The van der Waals surface area contributed by atoms with E-state index >= 15 is 0 Å². The van der Waals surface area contributed by atoms with Gasteiger partial charge in [-0.05, 0) is 41.5 Å². The molecule has 3 heterocycles. The Bertz CT molecular complexity index is 1250. The van der Waals surface area contributed by atoms with Crippen LogP contribution >= 0.6 is 11.6 Å². The van der Waals surface area contributed by atoms with E-state index in [9.17, 15) is 22.8 Å². The highest BCUT2D eigenvalue weighted by atomic mass is 35.5. The summed E-state index contributed by atoms with van der Waals surface area (Å²) in [6, 6.07) is 14.1. The Labute approximate surface area is 205 Å². The topological polar surface area (TPSA) is 67.2 Å². The van der Waals surface area contributed by atoms with E-state index in [1.54, 1.807) is 43.5 Å². The third-order valence-corrected chi connectivity index (χ3v) is 5.93. The van der Waals surface area contributed by atoms with Crippen molar-refractivity contribution >= 4 is 35.2 Å². The van der Waals surface area contributed by atoms with Crippen LogP contribution in [0, 0.1) is 0 Å². The van der Waals surface area contributed by atoms with E-state index in [0.29, 0.717) is 10.7 Å². The fourth-order valence-electron chi connectivity index (χ4n) is 3.81. The summed E-state index contributed by atoms with van der Waals surface area (Å²) in [6.45, 7) is -0.453. The van der Waals surface area contributed by atoms with E-state index in [1.807, 2.05) is 24.3 Å². The molecule has 0 aliphatic carbocycles. The summed E-state index contributed by atoms with van der Waals surface area (Å²) >= 11 is 5.94. The SMILES string of the molecule is CN(C(=O)[C@@H]1Cc2ccc(cc2)/C=C/Cc2cc(C(F)(F)F)nn2CC(=O)N1)c1ccc(Cl)cc1. The van der Waals surface area contributed by atoms with Gasteiger partial charge < -0.3 is 10.2 Å². The number of aromatic nitrogens is 2. The highest BCUT2D eigenvalue weighted by Crippen LogP contribution is 2.29. The van der Waals surface area contributed by atoms with Crippen molar-refractivity contribution in [2.75, 3.05) is 11.9 Å². The lowest BCUT2D eigenvalue weighted by molar-refractivity contribution is -0.141. The predicted molar refractivity (Wildman–Crippen MR) is 127 cm³/mol. The Morgan fingerprint density at radius 3 is 2.49 bits per heavy atom. The summed E-state index contributed by atoms with van der Waals surface area (Å²) in [7, 11) is 1.58. The van der Waals surface area contributed by atoms with Crippen LogP contribution in [0.15, 0.2) is 60.7 Å². The first-order valence-electron chi connectivity index (χ1n) is 10.8. The number of fused-ring (bicyclic) bond motifs is 7. The summed E-state index contributed by atoms with van der Waals surface area (Å²) in [5.41, 5.74) is 1.42. The van der Waals surface area contributed by atoms with Gasteiger partial charge in [-0.25, -0.2) is 0 Å². The minimum Gasteiger partial charge on any atom is -0.342 e. The number of benzene rings is 2. The second-order valence-corrected chi connectivity index (χ2v) is 8.66. The first-order valence-corrected chi connectivity index (χ1v) is 11.2. The normalized spacial score (nSPS) is 17.3. The lowest BCUT2D eigenvalue weighted by Crippen LogP contribution is -2.49. The van der Waals surface area contributed by atoms with Crippen LogP contribution in [0.1, 0.15) is 22.5 Å². The Kier molecular flexibility index (Phi) is 6.98. The van der Waals surface area contributed by atoms with Crippen LogP contribution in [0.4, 0.5) is 18.9 Å². The molecular weight excluding hydrogens is 481 g/mol. The van der Waals surface area contributed by atoms with Crippen LogP contribution in [-0.4, -0.2) is 34.7 Å². The van der Waals surface area contributed by atoms with Crippen LogP contribution < -0.4 is 10.2 Å². The van der Waals surface area contributed by atoms with E-state index in [2.05, 4.69) is 10.4 Å². The van der Waals surface area contributed by atoms with Crippen LogP contribution in [0.3, 0.4) is 0 Å². The molecule has 2 aliphatic heterocycles. The second-order valence-electron chi connectivity index (χ2n) is 8.22. The summed E-state index contributed by atoms with van der Waals surface area (Å²) in [6.07, 6.45) is -0.776. The van der Waals surface area contributed by atoms with Gasteiger partial charge in [0.05, 0.1) is 0 Å². The van der Waals surface area contributed by atoms with Gasteiger partial charge in [-0.2, -0.15) is 18.3 Å². The molecule has 2 bridgehead atoms. The van der Waals surface area contributed by atoms with Gasteiger partial charge in [-0.1, -0.05) is 48.0 Å². The van der Waals surface area contributed by atoms with Crippen molar-refractivity contribution in [3.8, 4) is 0 Å². The zero-order chi connectivity index (χ0) is 25.2. The molecule has 0 radical (unpaired) electrons. The van der Waals surface area contributed by atoms with E-state index < -0.39 is 30.4 Å². The van der Waals surface area contributed by atoms with Gasteiger partial charge in [0.2, 0.25) is 11.8 Å². The largest absolute Gasteiger partial charge is 0.435 e. The lowest BCUT2D eigenvalue weighted by atomic mass is 10.0. The molecule has 0 spiro atoms. The number of amides is 2. The zero-order valence-electron chi connectivity index (χ0n) is 18.7. The molecule has 0 fully saturated rings. The van der Waals surface area contributed by atoms with E-state index in [-0.39, 0.29) is 24.4 Å². The number of hydrogen-bond acceptors (Lipinski definition) is 3. The van der Waals surface area contributed by atoms with Gasteiger partial charge in [-0.15, -0.1) is 0 Å². The molecule has 3 aromatic rings. The monoisotopic (exact) mass is 502 g/mol. The number of carbonyl (C=O) groups excluding carboxylic acids is 2. The molecule has 2 aliphatic rings. The zero-order valence-corrected chi connectivity index (χ0v) is 19.5. The van der Waals surface area contributed by atoms with Crippen LogP contribution in [0.2, 0.25) is 5.02 Å². The van der Waals surface area contributed by atoms with E-state index in [0.717, 1.165) is 21.9 Å². The molecular formula is C25H22ClF3N4O2. The standard InChI is InChI=1S/C25H22ClF3N4O2/c1-32(19-11-9-18(26)10-12-19)24(35)21-13-17-7-5-16(6-8-17)3-2-4-20-14-22(25(27,28)29)31-33(20)15-23(34)30-21/h2-3,5-12,14,21H,4,13,15H2,1H3,(H,30,34)/b3-2+/t21-/m0/s1. The number of allylic oxidation sites excluding steroid dienone is 1. The first kappa shape index (κ1) is 24.5. The molecule has 1 atom stereocenters. The number of alkyl halides is 3. The van der Waals surface area contributed by atoms with Crippen molar-refractivity contribution in [3.05, 3.63) is 88.2 Å². The number of halogens is 4. The van der Waals surface area contributed by atoms with Crippen molar-refractivity contribution in [2.24, 2.45) is 0 Å². The molecule has 182 valence electrons. The minimum atomic E-state index is -4.64. The Balaban J connectivity index is 1.67. The maximum Gasteiger partial charge on any atom is 0.435 e. The molecule has 35 heavy (non-hydrogen) atoms. The maximum absolute atomic E-state index is 13.4. The molecule has 6 nitrogen and oxygen atoms in total. The van der Waals surface area contributed by atoms with Crippen molar-refractivity contribution in [1.29, 1.82) is 0 Å². The number of likely N-dealkylation sites (N-methyl/N-ethyl adjacent to an activating group) is 1. The van der Waals surface area contributed by atoms with Gasteiger partial charge in [0, 0.05) is 36.3 Å². The molecule has 0 saturated carbocycles. The number of hydrogen-bond donors (Lipinski definition) is 1. The van der Waals surface area contributed by atoms with Crippen LogP contribution in [-0.2, 0) is 35.2 Å². The van der Waals surface area contributed by atoms with E-state index in [4.69, 9.17) is 11.6 Å². The van der Waals surface area contributed by atoms with Gasteiger partial charge in [0.15, 0.2) is 5.69 Å². The number of nitrogens with zero attached hydrogens (tertiary/aromatic N) is 3. The Hall–Kier alpha value is -3.59. The summed E-state index contributed by atoms with van der Waals surface area (Å²) < 4.78 is 40.8. The average Bonchev–Trinajstić information content (AvgIpc) is 3.22. The third kappa shape index (κ3) is 5.92. The quantitative estimate of drug-likeness (QED) is 0.560. The Morgan fingerprint density at radius 2 is 1.83 bits per heavy atom. The average molecular weight is 503 g/mol. The highest BCUT2D eigenvalue weighted by molar-refractivity contribution is 6.30. The van der Waals surface area contributed by atoms with Gasteiger partial charge >= 0.3 is 6.18 Å². The van der Waals surface area contributed by atoms with Gasteiger partial charge in [-0.3, -0.25) is 14.3 Å². The predicted octanol–water partition coefficient (Wildman–Crippen LogP) is 4.52. The molecule has 10 heteroatoms. The number of nitrogens with one attached hydrogen (secondary N) is 1. The van der Waals surface area contributed by atoms with Crippen molar-refractivity contribution < 1.29 is 22.8 Å². The summed E-state index contributed by atoms with van der Waals surface area (Å²) in [5.74, 6) is -1.00. The lowest BCUT2D eigenvalue weighted by Gasteiger charge is -2.25. The number of carbonyl (C=O) groups is 2. The van der Waals surface area contributed by atoms with Gasteiger partial charge in [0.25, 0.3) is 0 Å². The smallest absolute Gasteiger partial charge is 0.342 e. The van der Waals surface area contributed by atoms with Crippen LogP contribution in [0.5, 0.6) is 0 Å². The number of anilines is 1. The molecule has 1 N–H and O–H groups in total. The highest BCUT2D eigenvalue weighted by Gasteiger charge is 2.35. The third-order valence-electron chi connectivity index (χ3n) is 5.68. The molecule has 1 aromatic heterocycles. The Morgan fingerprint density at radius 1 is 1.14 bits per heavy atom. The fraction of sp³-hybridized carbons (Fsp3) is 0.240. The molecule has 0 saturated heterocycles. The first-order chi connectivity index (χ1) is 16.6. The molecule has 2 amide bonds. The van der Waals surface area contributed by atoms with Crippen molar-refractivity contribution in [1.82, 2.24) is 15.1 Å². The molecule has 0 unspecified atom stereocenters. The fourth-order valence-corrected chi connectivity index (χ4v) is 3.94. The molecule has 5 rings (SSSR count). The second kappa shape index (κ2) is 9.95. The minimum absolute atomic E-state index is 0.153. The van der Waals surface area contributed by atoms with Crippen LogP contribution in [0.25, 0.3) is 6.08 Å². The summed E-state index contributed by atoms with van der Waals surface area (Å²) in [4.78, 5) is 27.6. The van der Waals surface area contributed by atoms with Crippen molar-refractivity contribution in [3.63, 3.8) is 0 Å². The molecule has 2 aromatic carbocycles. The maximum atomic E-state index is 13.4. The summed E-state index contributed by atoms with van der Waals surface area (Å²) in [5, 5.41) is 6.81. The van der Waals surface area contributed by atoms with E-state index in [1.165, 1.54) is 4.90 Å². The van der Waals surface area contributed by atoms with Gasteiger partial charge in [0.1, 0.15) is 12.6 Å². The van der Waals surface area contributed by atoms with Crippen molar-refractivity contribution in [2.45, 2.75) is 31.6 Å². The number of rotatable bonds is 2.